The number of carboxylic acids is 1. The normalized spacial score (nSPS) is 11.3. The first kappa shape index (κ1) is 14.6. The molecule has 92 valence electrons. The van der Waals surface area contributed by atoms with E-state index in [1.165, 1.54) is 0 Å². The maximum atomic E-state index is 11.1. The van der Waals surface area contributed by atoms with E-state index in [2.05, 4.69) is 24.1 Å². The monoisotopic (exact) mass is 228 g/mol. The highest BCUT2D eigenvalue weighted by Crippen LogP contribution is 1.94. The maximum absolute atomic E-state index is 11.1. The van der Waals surface area contributed by atoms with Crippen molar-refractivity contribution < 1.29 is 14.7 Å². The first-order chi connectivity index (χ1) is 7.43. The van der Waals surface area contributed by atoms with Crippen molar-refractivity contribution in [2.75, 3.05) is 20.1 Å². The van der Waals surface area contributed by atoms with Gasteiger partial charge in [-0.05, 0) is 33.9 Å². The molecule has 0 bridgehead atoms. The zero-order valence-electron chi connectivity index (χ0n) is 10.1. The van der Waals surface area contributed by atoms with Gasteiger partial charge in [0.05, 0.1) is 0 Å². The minimum absolute atomic E-state index is 0.366. The van der Waals surface area contributed by atoms with Crippen molar-refractivity contribution in [1.29, 1.82) is 0 Å². The molecule has 0 atom stereocenters. The van der Waals surface area contributed by atoms with E-state index in [0.29, 0.717) is 12.6 Å². The minimum atomic E-state index is -1.12. The molecule has 0 aliphatic heterocycles. The fourth-order valence-electron chi connectivity index (χ4n) is 1.00. The predicted octanol–water partition coefficient (Wildman–Crippen LogP) is 0.474. The van der Waals surface area contributed by atoms with Crippen molar-refractivity contribution in [2.45, 2.75) is 26.3 Å². The van der Waals surface area contributed by atoms with E-state index in [1.807, 2.05) is 7.05 Å². The summed E-state index contributed by atoms with van der Waals surface area (Å²) >= 11 is 0. The number of amides is 1. The van der Waals surface area contributed by atoms with Gasteiger partial charge in [-0.2, -0.15) is 0 Å². The highest BCUT2D eigenvalue weighted by Gasteiger charge is 2.02. The van der Waals surface area contributed by atoms with Gasteiger partial charge in [0, 0.05) is 24.7 Å². The molecule has 0 saturated heterocycles. The van der Waals surface area contributed by atoms with Crippen LogP contribution in [0.2, 0.25) is 0 Å². The summed E-state index contributed by atoms with van der Waals surface area (Å²) in [5.74, 6) is -1.48. The van der Waals surface area contributed by atoms with Crippen molar-refractivity contribution >= 4 is 11.9 Å². The standard InChI is InChI=1S/C11H20N2O3/c1-9(2)13(3)8-4-7-12-10(14)5-6-11(15)16/h5-6,9H,4,7-8H2,1-3H3,(H,12,14)(H,15,16)/b6-5+. The summed E-state index contributed by atoms with van der Waals surface area (Å²) in [6.07, 6.45) is 2.70. The van der Waals surface area contributed by atoms with E-state index >= 15 is 0 Å². The summed E-state index contributed by atoms with van der Waals surface area (Å²) in [7, 11) is 2.02. The third-order valence-electron chi connectivity index (χ3n) is 2.25. The van der Waals surface area contributed by atoms with E-state index < -0.39 is 5.97 Å². The molecule has 0 aromatic heterocycles. The Kier molecular flexibility index (Phi) is 7.20. The number of carboxylic acid groups (broad SMARTS) is 1. The molecule has 0 aliphatic rings. The summed E-state index contributed by atoms with van der Waals surface area (Å²) in [5.41, 5.74) is 0. The van der Waals surface area contributed by atoms with Gasteiger partial charge in [0.15, 0.2) is 0 Å². The van der Waals surface area contributed by atoms with Crippen molar-refractivity contribution in [3.05, 3.63) is 12.2 Å². The topological polar surface area (TPSA) is 69.6 Å². The SMILES string of the molecule is CC(C)N(C)CCCNC(=O)/C=C/C(=O)O. The highest BCUT2D eigenvalue weighted by atomic mass is 16.4. The van der Waals surface area contributed by atoms with Gasteiger partial charge < -0.3 is 15.3 Å². The molecule has 0 spiro atoms. The maximum Gasteiger partial charge on any atom is 0.328 e. The minimum Gasteiger partial charge on any atom is -0.478 e. The predicted molar refractivity (Wildman–Crippen MR) is 62.2 cm³/mol. The van der Waals surface area contributed by atoms with Crippen molar-refractivity contribution in [3.63, 3.8) is 0 Å². The summed E-state index contributed by atoms with van der Waals surface area (Å²) < 4.78 is 0. The highest BCUT2D eigenvalue weighted by molar-refractivity contribution is 5.93. The molecule has 0 aliphatic carbocycles. The van der Waals surface area contributed by atoms with Crippen LogP contribution in [0.25, 0.3) is 0 Å². The van der Waals surface area contributed by atoms with E-state index in [0.717, 1.165) is 25.1 Å². The zero-order chi connectivity index (χ0) is 12.6. The number of hydrogen-bond donors (Lipinski definition) is 2. The van der Waals surface area contributed by atoms with Crippen LogP contribution in [-0.2, 0) is 9.59 Å². The molecule has 5 nitrogen and oxygen atoms in total. The third-order valence-corrected chi connectivity index (χ3v) is 2.25. The Morgan fingerprint density at radius 2 is 2.00 bits per heavy atom. The van der Waals surface area contributed by atoms with Crippen molar-refractivity contribution in [3.8, 4) is 0 Å². The number of hydrogen-bond acceptors (Lipinski definition) is 3. The fraction of sp³-hybridized carbons (Fsp3) is 0.636. The van der Waals surface area contributed by atoms with Crippen molar-refractivity contribution in [1.82, 2.24) is 10.2 Å². The van der Waals surface area contributed by atoms with E-state index in [9.17, 15) is 9.59 Å². The molecular formula is C11H20N2O3. The van der Waals surface area contributed by atoms with Crippen LogP contribution in [0.1, 0.15) is 20.3 Å². The molecule has 0 unspecified atom stereocenters. The Balaban J connectivity index is 3.59. The summed E-state index contributed by atoms with van der Waals surface area (Å²) in [6.45, 7) is 5.67. The van der Waals surface area contributed by atoms with Crippen molar-refractivity contribution in [2.24, 2.45) is 0 Å². The molecule has 5 heteroatoms. The first-order valence-electron chi connectivity index (χ1n) is 5.32. The zero-order valence-corrected chi connectivity index (χ0v) is 10.1. The lowest BCUT2D eigenvalue weighted by Gasteiger charge is -2.20. The second kappa shape index (κ2) is 7.87. The van der Waals surface area contributed by atoms with E-state index in [-0.39, 0.29) is 5.91 Å². The van der Waals surface area contributed by atoms with Gasteiger partial charge in [-0.3, -0.25) is 4.79 Å². The Morgan fingerprint density at radius 1 is 1.38 bits per heavy atom. The molecule has 0 aromatic rings. The lowest BCUT2D eigenvalue weighted by molar-refractivity contribution is -0.131. The van der Waals surface area contributed by atoms with Crippen LogP contribution in [0, 0.1) is 0 Å². The van der Waals surface area contributed by atoms with Gasteiger partial charge in [0.1, 0.15) is 0 Å². The molecule has 2 N–H and O–H groups in total. The van der Waals surface area contributed by atoms with E-state index in [4.69, 9.17) is 5.11 Å². The van der Waals surface area contributed by atoms with Gasteiger partial charge in [-0.15, -0.1) is 0 Å². The van der Waals surface area contributed by atoms with Gasteiger partial charge in [0.25, 0.3) is 0 Å². The fourth-order valence-corrected chi connectivity index (χ4v) is 1.00. The summed E-state index contributed by atoms with van der Waals surface area (Å²) in [6, 6.07) is 0.489. The second-order valence-electron chi connectivity index (χ2n) is 3.89. The largest absolute Gasteiger partial charge is 0.478 e. The van der Waals surface area contributed by atoms with Crippen LogP contribution in [0.5, 0.6) is 0 Å². The Bertz CT molecular complexity index is 262. The molecular weight excluding hydrogens is 208 g/mol. The average Bonchev–Trinajstić information content (AvgIpc) is 2.20. The Hall–Kier alpha value is -1.36. The number of carbonyl (C=O) groups excluding carboxylic acids is 1. The molecule has 0 saturated carbocycles. The van der Waals surface area contributed by atoms with Crippen LogP contribution in [0.3, 0.4) is 0 Å². The lowest BCUT2D eigenvalue weighted by Crippen LogP contribution is -2.30. The molecule has 0 aromatic carbocycles. The quantitative estimate of drug-likeness (QED) is 0.491. The smallest absolute Gasteiger partial charge is 0.328 e. The molecule has 0 radical (unpaired) electrons. The Morgan fingerprint density at radius 3 is 2.50 bits per heavy atom. The van der Waals surface area contributed by atoms with Crippen LogP contribution in [0.15, 0.2) is 12.2 Å². The summed E-state index contributed by atoms with van der Waals surface area (Å²) in [5, 5.41) is 10.9. The average molecular weight is 228 g/mol. The van der Waals surface area contributed by atoms with Gasteiger partial charge in [0.2, 0.25) is 5.91 Å². The van der Waals surface area contributed by atoms with Gasteiger partial charge in [-0.25, -0.2) is 4.79 Å². The number of rotatable bonds is 7. The summed E-state index contributed by atoms with van der Waals surface area (Å²) in [4.78, 5) is 23.4. The number of nitrogens with zero attached hydrogens (tertiary/aromatic N) is 1. The van der Waals surface area contributed by atoms with Gasteiger partial charge >= 0.3 is 5.97 Å². The van der Waals surface area contributed by atoms with Crippen LogP contribution < -0.4 is 5.32 Å². The van der Waals surface area contributed by atoms with Crippen LogP contribution in [0.4, 0.5) is 0 Å². The van der Waals surface area contributed by atoms with E-state index in [1.54, 1.807) is 0 Å². The lowest BCUT2D eigenvalue weighted by atomic mass is 10.3. The van der Waals surface area contributed by atoms with Crippen LogP contribution >= 0.6 is 0 Å². The molecule has 0 rings (SSSR count). The molecule has 0 fully saturated rings. The number of aliphatic carboxylic acids is 1. The molecule has 0 heterocycles. The molecule has 1 amide bonds. The first-order valence-corrected chi connectivity index (χ1v) is 5.32. The number of carbonyl (C=O) groups is 2. The third kappa shape index (κ3) is 7.99. The van der Waals surface area contributed by atoms with Gasteiger partial charge in [-0.1, -0.05) is 0 Å². The number of nitrogens with one attached hydrogen (secondary N) is 1. The molecule has 16 heavy (non-hydrogen) atoms. The second-order valence-corrected chi connectivity index (χ2v) is 3.89. The van der Waals surface area contributed by atoms with Crippen LogP contribution in [-0.4, -0.2) is 48.1 Å². The Labute approximate surface area is 96.1 Å².